The Morgan fingerprint density at radius 2 is 2.56 bits per heavy atom. The quantitative estimate of drug-likeness (QED) is 0.869. The molecular weight excluding hydrogens is 220 g/mol. The van der Waals surface area contributed by atoms with Crippen molar-refractivity contribution < 1.29 is 4.79 Å². The van der Waals surface area contributed by atoms with E-state index >= 15 is 0 Å². The van der Waals surface area contributed by atoms with Crippen molar-refractivity contribution in [1.29, 1.82) is 0 Å². The minimum Gasteiger partial charge on any atom is -0.337 e. The number of nitrogens with zero attached hydrogens (tertiary/aromatic N) is 1. The summed E-state index contributed by atoms with van der Waals surface area (Å²) in [4.78, 5) is 14.9. The Balaban J connectivity index is 1.96. The van der Waals surface area contributed by atoms with Gasteiger partial charge in [0, 0.05) is 19.1 Å². The molecule has 0 radical (unpaired) electrons. The summed E-state index contributed by atoms with van der Waals surface area (Å²) in [6, 6.07) is 4.32. The van der Waals surface area contributed by atoms with E-state index in [4.69, 9.17) is 0 Å². The van der Waals surface area contributed by atoms with E-state index in [1.165, 1.54) is 24.2 Å². The number of thiophene rings is 1. The van der Waals surface area contributed by atoms with Crippen LogP contribution in [-0.4, -0.2) is 36.5 Å². The molecule has 0 saturated carbocycles. The van der Waals surface area contributed by atoms with Crippen molar-refractivity contribution in [3.8, 4) is 0 Å². The Morgan fingerprint density at radius 1 is 1.69 bits per heavy atom. The first-order valence-electron chi connectivity index (χ1n) is 5.87. The third kappa shape index (κ3) is 2.62. The average Bonchev–Trinajstić information content (AvgIpc) is 2.97. The predicted octanol–water partition coefficient (Wildman–Crippen LogP) is 1.96. The van der Waals surface area contributed by atoms with Crippen LogP contribution in [0.5, 0.6) is 0 Å². The zero-order valence-electron chi connectivity index (χ0n) is 9.61. The molecule has 1 aromatic heterocycles. The number of nitrogens with one attached hydrogen (secondary N) is 1. The summed E-state index contributed by atoms with van der Waals surface area (Å²) in [6.07, 6.45) is 2.42. The van der Waals surface area contributed by atoms with Crippen molar-refractivity contribution in [3.63, 3.8) is 0 Å². The smallest absolute Gasteiger partial charge is 0.263 e. The van der Waals surface area contributed by atoms with Crippen LogP contribution in [0, 0.1) is 0 Å². The molecule has 1 fully saturated rings. The number of hydrogen-bond acceptors (Lipinski definition) is 3. The van der Waals surface area contributed by atoms with E-state index in [1.54, 1.807) is 0 Å². The molecule has 1 aromatic rings. The molecule has 2 heterocycles. The molecule has 0 aliphatic carbocycles. The molecule has 1 atom stereocenters. The fourth-order valence-corrected chi connectivity index (χ4v) is 2.78. The summed E-state index contributed by atoms with van der Waals surface area (Å²) in [6.45, 7) is 4.76. The highest BCUT2D eigenvalue weighted by molar-refractivity contribution is 7.12. The van der Waals surface area contributed by atoms with Crippen LogP contribution in [0.3, 0.4) is 0 Å². The molecule has 0 spiro atoms. The lowest BCUT2D eigenvalue weighted by Crippen LogP contribution is -2.40. The zero-order valence-corrected chi connectivity index (χ0v) is 10.4. The van der Waals surface area contributed by atoms with Crippen LogP contribution in [0.25, 0.3) is 0 Å². The molecule has 1 N–H and O–H groups in total. The Hall–Kier alpha value is -0.870. The molecule has 4 heteroatoms. The first-order chi connectivity index (χ1) is 7.81. The molecule has 1 amide bonds. The van der Waals surface area contributed by atoms with E-state index in [0.717, 1.165) is 24.5 Å². The molecule has 1 saturated heterocycles. The van der Waals surface area contributed by atoms with E-state index in [-0.39, 0.29) is 5.91 Å². The molecule has 1 unspecified atom stereocenters. The van der Waals surface area contributed by atoms with E-state index in [9.17, 15) is 4.79 Å². The van der Waals surface area contributed by atoms with Crippen molar-refractivity contribution in [3.05, 3.63) is 22.4 Å². The molecule has 0 bridgehead atoms. The van der Waals surface area contributed by atoms with Gasteiger partial charge < -0.3 is 10.2 Å². The topological polar surface area (TPSA) is 32.3 Å². The second kappa shape index (κ2) is 5.46. The van der Waals surface area contributed by atoms with Gasteiger partial charge in [0.1, 0.15) is 0 Å². The van der Waals surface area contributed by atoms with E-state index < -0.39 is 0 Å². The number of amides is 1. The molecule has 88 valence electrons. The van der Waals surface area contributed by atoms with Gasteiger partial charge in [0.05, 0.1) is 4.88 Å². The Bertz CT molecular complexity index is 331. The molecule has 1 aliphatic rings. The van der Waals surface area contributed by atoms with Gasteiger partial charge in [-0.25, -0.2) is 0 Å². The van der Waals surface area contributed by atoms with Gasteiger partial charge in [0.2, 0.25) is 0 Å². The maximum Gasteiger partial charge on any atom is 0.263 e. The van der Waals surface area contributed by atoms with Gasteiger partial charge in [0.25, 0.3) is 5.91 Å². The van der Waals surface area contributed by atoms with Crippen LogP contribution in [0.15, 0.2) is 17.5 Å². The van der Waals surface area contributed by atoms with Crippen LogP contribution in [-0.2, 0) is 0 Å². The summed E-state index contributed by atoms with van der Waals surface area (Å²) in [5.74, 6) is 0.172. The summed E-state index contributed by atoms with van der Waals surface area (Å²) in [5.41, 5.74) is 0. The lowest BCUT2D eigenvalue weighted by atomic mass is 10.2. The number of hydrogen-bond donors (Lipinski definition) is 1. The van der Waals surface area contributed by atoms with Gasteiger partial charge in [-0.2, -0.15) is 0 Å². The molecule has 2 rings (SSSR count). The zero-order chi connectivity index (χ0) is 11.4. The highest BCUT2D eigenvalue weighted by atomic mass is 32.1. The monoisotopic (exact) mass is 238 g/mol. The fourth-order valence-electron chi connectivity index (χ4n) is 2.09. The normalized spacial score (nSPS) is 19.9. The minimum absolute atomic E-state index is 0.172. The fraction of sp³-hybridized carbons (Fsp3) is 0.583. The van der Waals surface area contributed by atoms with Gasteiger partial charge >= 0.3 is 0 Å². The lowest BCUT2D eigenvalue weighted by Gasteiger charge is -2.23. The van der Waals surface area contributed by atoms with E-state index in [1.807, 2.05) is 29.3 Å². The second-order valence-electron chi connectivity index (χ2n) is 4.11. The Labute approximate surface area is 100 Å². The first-order valence-corrected chi connectivity index (χ1v) is 6.75. The highest BCUT2D eigenvalue weighted by Gasteiger charge is 2.21. The maximum absolute atomic E-state index is 12.1. The second-order valence-corrected chi connectivity index (χ2v) is 5.06. The van der Waals surface area contributed by atoms with Crippen LogP contribution >= 0.6 is 11.3 Å². The Kier molecular flexibility index (Phi) is 3.96. The van der Waals surface area contributed by atoms with Crippen LogP contribution in [0.1, 0.15) is 29.4 Å². The summed E-state index contributed by atoms with van der Waals surface area (Å²) in [7, 11) is 0. The van der Waals surface area contributed by atoms with E-state index in [2.05, 4.69) is 5.32 Å². The average molecular weight is 238 g/mol. The highest BCUT2D eigenvalue weighted by Crippen LogP contribution is 2.14. The van der Waals surface area contributed by atoms with Gasteiger partial charge in [-0.15, -0.1) is 11.3 Å². The third-order valence-electron chi connectivity index (χ3n) is 3.00. The third-order valence-corrected chi connectivity index (χ3v) is 3.86. The van der Waals surface area contributed by atoms with Crippen molar-refractivity contribution in [2.75, 3.05) is 19.6 Å². The molecule has 3 nitrogen and oxygen atoms in total. The van der Waals surface area contributed by atoms with Crippen LogP contribution in [0.2, 0.25) is 0 Å². The van der Waals surface area contributed by atoms with Gasteiger partial charge in [-0.1, -0.05) is 6.07 Å². The summed E-state index contributed by atoms with van der Waals surface area (Å²) < 4.78 is 0. The van der Waals surface area contributed by atoms with Crippen LogP contribution < -0.4 is 5.32 Å². The molecule has 0 aromatic carbocycles. The van der Waals surface area contributed by atoms with Crippen molar-refractivity contribution in [2.45, 2.75) is 25.8 Å². The lowest BCUT2D eigenvalue weighted by molar-refractivity contribution is 0.0756. The molecular formula is C12H18N2OS. The Morgan fingerprint density at radius 3 is 3.12 bits per heavy atom. The van der Waals surface area contributed by atoms with Crippen molar-refractivity contribution in [2.24, 2.45) is 0 Å². The SMILES string of the molecule is CCN(CC1CCCN1)C(=O)c1cccs1. The number of rotatable bonds is 4. The molecule has 16 heavy (non-hydrogen) atoms. The predicted molar refractivity (Wildman–Crippen MR) is 66.9 cm³/mol. The maximum atomic E-state index is 12.1. The largest absolute Gasteiger partial charge is 0.337 e. The number of likely N-dealkylation sites (N-methyl/N-ethyl adjacent to an activating group) is 1. The minimum atomic E-state index is 0.172. The number of carbonyl (C=O) groups is 1. The number of carbonyl (C=O) groups excluding carboxylic acids is 1. The summed E-state index contributed by atoms with van der Waals surface area (Å²) in [5, 5.41) is 5.38. The first kappa shape index (κ1) is 11.6. The summed E-state index contributed by atoms with van der Waals surface area (Å²) >= 11 is 1.52. The van der Waals surface area contributed by atoms with Crippen LogP contribution in [0.4, 0.5) is 0 Å². The standard InChI is InChI=1S/C12H18N2OS/c1-2-14(9-10-5-3-7-13-10)12(15)11-6-4-8-16-11/h4,6,8,10,13H,2-3,5,7,9H2,1H3. The van der Waals surface area contributed by atoms with E-state index in [0.29, 0.717) is 6.04 Å². The van der Waals surface area contributed by atoms with Gasteiger partial charge in [-0.05, 0) is 37.8 Å². The van der Waals surface area contributed by atoms with Gasteiger partial charge in [-0.3, -0.25) is 4.79 Å². The van der Waals surface area contributed by atoms with Crippen molar-refractivity contribution in [1.82, 2.24) is 10.2 Å². The molecule has 1 aliphatic heterocycles. The van der Waals surface area contributed by atoms with Crippen molar-refractivity contribution >= 4 is 17.2 Å². The van der Waals surface area contributed by atoms with Gasteiger partial charge in [0.15, 0.2) is 0 Å².